The van der Waals surface area contributed by atoms with E-state index in [4.69, 9.17) is 4.74 Å². The predicted octanol–water partition coefficient (Wildman–Crippen LogP) is -0.443. The van der Waals surface area contributed by atoms with Crippen LogP contribution in [0.15, 0.2) is 12.3 Å². The van der Waals surface area contributed by atoms with Crippen molar-refractivity contribution in [3.05, 3.63) is 18.0 Å². The van der Waals surface area contributed by atoms with Gasteiger partial charge in [-0.25, -0.2) is 0 Å². The first-order valence-electron chi connectivity index (χ1n) is 5.66. The number of nitrogens with one attached hydrogen (secondary N) is 1. The number of aliphatic hydroxyl groups excluding tert-OH is 1. The Morgan fingerprint density at radius 3 is 2.94 bits per heavy atom. The van der Waals surface area contributed by atoms with Gasteiger partial charge >= 0.3 is 5.97 Å². The molecule has 0 aliphatic heterocycles. The number of carbonyl (C=O) groups excluding carboxylic acids is 2. The van der Waals surface area contributed by atoms with Crippen molar-refractivity contribution in [2.75, 3.05) is 13.7 Å². The molecule has 0 radical (unpaired) electrons. The zero-order valence-corrected chi connectivity index (χ0v) is 10.4. The maximum atomic E-state index is 11.3. The Kier molecular flexibility index (Phi) is 5.31. The van der Waals surface area contributed by atoms with Gasteiger partial charge in [-0.2, -0.15) is 5.10 Å². The molecule has 0 saturated carbocycles. The van der Waals surface area contributed by atoms with Gasteiger partial charge in [-0.1, -0.05) is 0 Å². The maximum Gasteiger partial charge on any atom is 0.308 e. The summed E-state index contributed by atoms with van der Waals surface area (Å²) in [5.41, 5.74) is 0.265. The molecule has 0 aliphatic carbocycles. The van der Waals surface area contributed by atoms with Crippen molar-refractivity contribution in [1.29, 1.82) is 0 Å². The standard InChI is InChI=1S/C11H17N3O4/c1-3-18-10(16)6-8(15)7-14-5-4-9(13-14)11(17)12-2/h4-5,8,15H,3,6-7H2,1-2H3,(H,12,17). The Labute approximate surface area is 105 Å². The number of hydrogen-bond acceptors (Lipinski definition) is 5. The molecule has 100 valence electrons. The van der Waals surface area contributed by atoms with Crippen molar-refractivity contribution >= 4 is 11.9 Å². The molecule has 0 aliphatic rings. The number of hydrogen-bond donors (Lipinski definition) is 2. The molecule has 1 rings (SSSR count). The van der Waals surface area contributed by atoms with Crippen molar-refractivity contribution in [1.82, 2.24) is 15.1 Å². The van der Waals surface area contributed by atoms with Gasteiger partial charge in [0.25, 0.3) is 5.91 Å². The van der Waals surface area contributed by atoms with Crippen LogP contribution in [0.1, 0.15) is 23.8 Å². The molecule has 1 unspecified atom stereocenters. The van der Waals surface area contributed by atoms with Crippen LogP contribution in [0.5, 0.6) is 0 Å². The van der Waals surface area contributed by atoms with Crippen LogP contribution in [0.2, 0.25) is 0 Å². The molecular formula is C11H17N3O4. The molecule has 1 amide bonds. The summed E-state index contributed by atoms with van der Waals surface area (Å²) in [6.07, 6.45) is 0.587. The van der Waals surface area contributed by atoms with Crippen LogP contribution in [0.4, 0.5) is 0 Å². The molecule has 1 aromatic rings. The molecule has 0 spiro atoms. The van der Waals surface area contributed by atoms with E-state index in [1.165, 1.54) is 17.8 Å². The highest BCUT2D eigenvalue weighted by molar-refractivity contribution is 5.91. The van der Waals surface area contributed by atoms with Crippen molar-refractivity contribution in [2.45, 2.75) is 26.0 Å². The van der Waals surface area contributed by atoms with Crippen LogP contribution in [-0.2, 0) is 16.1 Å². The fourth-order valence-electron chi connectivity index (χ4n) is 1.41. The van der Waals surface area contributed by atoms with E-state index in [9.17, 15) is 14.7 Å². The highest BCUT2D eigenvalue weighted by Gasteiger charge is 2.14. The monoisotopic (exact) mass is 255 g/mol. The van der Waals surface area contributed by atoms with E-state index in [1.54, 1.807) is 13.1 Å². The number of ether oxygens (including phenoxy) is 1. The third kappa shape index (κ3) is 4.17. The van der Waals surface area contributed by atoms with Crippen LogP contribution < -0.4 is 5.32 Å². The number of nitrogens with zero attached hydrogens (tertiary/aromatic N) is 2. The lowest BCUT2D eigenvalue weighted by Crippen LogP contribution is -2.23. The molecule has 7 heteroatoms. The lowest BCUT2D eigenvalue weighted by molar-refractivity contribution is -0.145. The van der Waals surface area contributed by atoms with Crippen molar-refractivity contribution in [3.8, 4) is 0 Å². The van der Waals surface area contributed by atoms with Gasteiger partial charge in [-0.3, -0.25) is 14.3 Å². The second-order valence-corrected chi connectivity index (χ2v) is 3.67. The molecule has 0 fully saturated rings. The van der Waals surface area contributed by atoms with Crippen LogP contribution in [0.25, 0.3) is 0 Å². The third-order valence-electron chi connectivity index (χ3n) is 2.21. The fraction of sp³-hybridized carbons (Fsp3) is 0.545. The average Bonchev–Trinajstić information content (AvgIpc) is 2.76. The highest BCUT2D eigenvalue weighted by atomic mass is 16.5. The minimum Gasteiger partial charge on any atom is -0.466 e. The highest BCUT2D eigenvalue weighted by Crippen LogP contribution is 2.01. The molecule has 1 atom stereocenters. The van der Waals surface area contributed by atoms with E-state index >= 15 is 0 Å². The van der Waals surface area contributed by atoms with Gasteiger partial charge in [0, 0.05) is 13.2 Å². The summed E-state index contributed by atoms with van der Waals surface area (Å²) in [6, 6.07) is 1.54. The summed E-state index contributed by atoms with van der Waals surface area (Å²) in [5, 5.41) is 16.1. The quantitative estimate of drug-likeness (QED) is 0.672. The van der Waals surface area contributed by atoms with Crippen LogP contribution in [0, 0.1) is 0 Å². The normalized spacial score (nSPS) is 11.9. The summed E-state index contributed by atoms with van der Waals surface area (Å²) in [5.74, 6) is -0.752. The van der Waals surface area contributed by atoms with Gasteiger partial charge in [0.2, 0.25) is 0 Å². The molecular weight excluding hydrogens is 238 g/mol. The van der Waals surface area contributed by atoms with Gasteiger partial charge in [0.05, 0.1) is 25.7 Å². The third-order valence-corrected chi connectivity index (χ3v) is 2.21. The first-order chi connectivity index (χ1) is 8.56. The van der Waals surface area contributed by atoms with Crippen molar-refractivity contribution in [2.24, 2.45) is 0 Å². The largest absolute Gasteiger partial charge is 0.466 e. The van der Waals surface area contributed by atoms with E-state index in [0.29, 0.717) is 0 Å². The second kappa shape index (κ2) is 6.75. The Hall–Kier alpha value is -1.89. The number of aliphatic hydroxyl groups is 1. The van der Waals surface area contributed by atoms with Gasteiger partial charge < -0.3 is 15.2 Å². The Morgan fingerprint density at radius 2 is 2.33 bits per heavy atom. The van der Waals surface area contributed by atoms with Crippen molar-refractivity contribution < 1.29 is 19.4 Å². The molecule has 1 aromatic heterocycles. The zero-order valence-electron chi connectivity index (χ0n) is 10.4. The van der Waals surface area contributed by atoms with E-state index in [-0.39, 0.29) is 31.2 Å². The van der Waals surface area contributed by atoms with E-state index in [2.05, 4.69) is 10.4 Å². The van der Waals surface area contributed by atoms with Crippen LogP contribution >= 0.6 is 0 Å². The SMILES string of the molecule is CCOC(=O)CC(O)Cn1ccc(C(=O)NC)n1. The maximum absolute atomic E-state index is 11.3. The van der Waals surface area contributed by atoms with Crippen molar-refractivity contribution in [3.63, 3.8) is 0 Å². The van der Waals surface area contributed by atoms with Gasteiger partial charge in [0.15, 0.2) is 0 Å². The van der Waals surface area contributed by atoms with E-state index in [0.717, 1.165) is 0 Å². The minimum atomic E-state index is -0.888. The summed E-state index contributed by atoms with van der Waals surface area (Å²) in [6.45, 7) is 2.12. The molecule has 18 heavy (non-hydrogen) atoms. The number of aromatic nitrogens is 2. The summed E-state index contributed by atoms with van der Waals surface area (Å²) >= 11 is 0. The zero-order chi connectivity index (χ0) is 13.5. The molecule has 1 heterocycles. The first-order valence-corrected chi connectivity index (χ1v) is 5.66. The summed E-state index contributed by atoms with van der Waals surface area (Å²) in [4.78, 5) is 22.4. The van der Waals surface area contributed by atoms with Gasteiger partial charge in [-0.05, 0) is 13.0 Å². The molecule has 0 bridgehead atoms. The van der Waals surface area contributed by atoms with Gasteiger partial charge in [-0.15, -0.1) is 0 Å². The summed E-state index contributed by atoms with van der Waals surface area (Å²) < 4.78 is 6.13. The Morgan fingerprint density at radius 1 is 1.61 bits per heavy atom. The topological polar surface area (TPSA) is 93.5 Å². The minimum absolute atomic E-state index is 0.0942. The first kappa shape index (κ1) is 14.2. The smallest absolute Gasteiger partial charge is 0.308 e. The molecule has 7 nitrogen and oxygen atoms in total. The Balaban J connectivity index is 2.49. The lowest BCUT2D eigenvalue weighted by Gasteiger charge is -2.09. The molecule has 0 saturated heterocycles. The molecule has 0 aromatic carbocycles. The lowest BCUT2D eigenvalue weighted by atomic mass is 10.2. The number of rotatable bonds is 6. The summed E-state index contributed by atoms with van der Waals surface area (Å²) in [7, 11) is 1.51. The van der Waals surface area contributed by atoms with Crippen LogP contribution in [-0.4, -0.2) is 46.5 Å². The predicted molar refractivity (Wildman–Crippen MR) is 62.9 cm³/mol. The van der Waals surface area contributed by atoms with Crippen LogP contribution in [0.3, 0.4) is 0 Å². The Bertz CT molecular complexity index is 416. The number of amides is 1. The molecule has 2 N–H and O–H groups in total. The van der Waals surface area contributed by atoms with Gasteiger partial charge in [0.1, 0.15) is 5.69 Å². The number of carbonyl (C=O) groups is 2. The van der Waals surface area contributed by atoms with E-state index < -0.39 is 12.1 Å². The van der Waals surface area contributed by atoms with E-state index in [1.807, 2.05) is 0 Å². The fourth-order valence-corrected chi connectivity index (χ4v) is 1.41. The number of esters is 1. The average molecular weight is 255 g/mol. The second-order valence-electron chi connectivity index (χ2n) is 3.67.